The topological polar surface area (TPSA) is 86.7 Å². The van der Waals surface area contributed by atoms with Crippen molar-refractivity contribution in [3.05, 3.63) is 64.7 Å². The molecule has 2 aromatic carbocycles. The minimum atomic E-state index is -1.00. The van der Waals surface area contributed by atoms with Crippen molar-refractivity contribution < 1.29 is 19.5 Å². The molecule has 2 amide bonds. The smallest absolute Gasteiger partial charge is 0.335 e. The maximum atomic E-state index is 13.1. The lowest BCUT2D eigenvalue weighted by molar-refractivity contribution is -0.140. The molecule has 2 aromatic rings. The van der Waals surface area contributed by atoms with Crippen molar-refractivity contribution in [2.45, 2.75) is 46.2 Å². The summed E-state index contributed by atoms with van der Waals surface area (Å²) in [6, 6.07) is 12.0. The molecule has 0 spiro atoms. The highest BCUT2D eigenvalue weighted by Crippen LogP contribution is 2.26. The Morgan fingerprint density at radius 1 is 1.14 bits per heavy atom. The monoisotopic (exact) mass is 394 g/mol. The summed E-state index contributed by atoms with van der Waals surface area (Å²) < 4.78 is 0. The van der Waals surface area contributed by atoms with Crippen LogP contribution in [0.3, 0.4) is 0 Å². The first-order valence-corrected chi connectivity index (χ1v) is 9.77. The minimum absolute atomic E-state index is 0.0351. The molecular formula is C23H26N2O4. The van der Waals surface area contributed by atoms with Gasteiger partial charge in [-0.1, -0.05) is 38.1 Å². The van der Waals surface area contributed by atoms with E-state index >= 15 is 0 Å². The number of amides is 2. The number of carbonyl (C=O) groups is 3. The molecule has 152 valence electrons. The van der Waals surface area contributed by atoms with Crippen LogP contribution in [0, 0.1) is 12.8 Å². The fourth-order valence-electron chi connectivity index (χ4n) is 3.69. The van der Waals surface area contributed by atoms with Crippen LogP contribution in [0.15, 0.2) is 42.5 Å². The predicted molar refractivity (Wildman–Crippen MR) is 111 cm³/mol. The number of carboxylic acid groups (broad SMARTS) is 1. The van der Waals surface area contributed by atoms with Crippen molar-refractivity contribution in [1.82, 2.24) is 4.90 Å². The Kier molecular flexibility index (Phi) is 6.01. The van der Waals surface area contributed by atoms with Gasteiger partial charge < -0.3 is 15.3 Å². The quantitative estimate of drug-likeness (QED) is 0.811. The molecule has 1 heterocycles. The van der Waals surface area contributed by atoms with E-state index in [9.17, 15) is 19.5 Å². The Morgan fingerprint density at radius 2 is 1.83 bits per heavy atom. The van der Waals surface area contributed by atoms with Gasteiger partial charge in [0.05, 0.1) is 5.56 Å². The second kappa shape index (κ2) is 8.47. The molecule has 1 aliphatic heterocycles. The van der Waals surface area contributed by atoms with E-state index in [0.29, 0.717) is 30.6 Å². The molecule has 0 saturated heterocycles. The second-order valence-corrected chi connectivity index (χ2v) is 7.93. The van der Waals surface area contributed by atoms with Crippen LogP contribution in [0.5, 0.6) is 0 Å². The molecule has 0 radical (unpaired) electrons. The van der Waals surface area contributed by atoms with Gasteiger partial charge in [-0.2, -0.15) is 0 Å². The fraction of sp³-hybridized carbons (Fsp3) is 0.348. The standard InChI is InChI=1S/C23H26N2O4/c1-14(2)10-21(26)25-13-17-7-5-4-6-16(17)12-20(25)22(27)24-18-8-9-19(23(28)29)15(3)11-18/h4-9,11,14,20H,10,12-13H2,1-3H3,(H,24,27)(H,28,29). The van der Waals surface area contributed by atoms with Gasteiger partial charge in [0.15, 0.2) is 0 Å². The van der Waals surface area contributed by atoms with Crippen molar-refractivity contribution >= 4 is 23.5 Å². The summed E-state index contributed by atoms with van der Waals surface area (Å²) >= 11 is 0. The van der Waals surface area contributed by atoms with Crippen LogP contribution in [-0.4, -0.2) is 33.8 Å². The number of hydrogen-bond acceptors (Lipinski definition) is 3. The molecule has 1 atom stereocenters. The Bertz CT molecular complexity index is 952. The fourth-order valence-corrected chi connectivity index (χ4v) is 3.69. The zero-order valence-corrected chi connectivity index (χ0v) is 16.9. The lowest BCUT2D eigenvalue weighted by Gasteiger charge is -2.36. The molecule has 6 nitrogen and oxygen atoms in total. The summed E-state index contributed by atoms with van der Waals surface area (Å²) in [6.45, 7) is 6.07. The molecule has 6 heteroatoms. The van der Waals surface area contributed by atoms with Crippen molar-refractivity contribution in [2.24, 2.45) is 5.92 Å². The van der Waals surface area contributed by atoms with Gasteiger partial charge in [0.25, 0.3) is 0 Å². The van der Waals surface area contributed by atoms with E-state index in [0.717, 1.165) is 11.1 Å². The zero-order valence-electron chi connectivity index (χ0n) is 16.9. The minimum Gasteiger partial charge on any atom is -0.478 e. The number of carbonyl (C=O) groups excluding carboxylic acids is 2. The highest BCUT2D eigenvalue weighted by molar-refractivity contribution is 5.98. The number of aromatic carboxylic acids is 1. The predicted octanol–water partition coefficient (Wildman–Crippen LogP) is 3.63. The number of nitrogens with one attached hydrogen (secondary N) is 1. The lowest BCUT2D eigenvalue weighted by Crippen LogP contribution is -2.50. The first-order valence-electron chi connectivity index (χ1n) is 9.77. The molecule has 3 rings (SSSR count). The number of rotatable bonds is 5. The summed E-state index contributed by atoms with van der Waals surface area (Å²) in [4.78, 5) is 38.8. The first-order chi connectivity index (χ1) is 13.8. The van der Waals surface area contributed by atoms with E-state index in [1.165, 1.54) is 6.07 Å². The molecule has 0 aliphatic carbocycles. The largest absolute Gasteiger partial charge is 0.478 e. The third-order valence-electron chi connectivity index (χ3n) is 5.18. The van der Waals surface area contributed by atoms with Gasteiger partial charge in [0, 0.05) is 25.1 Å². The van der Waals surface area contributed by atoms with Crippen molar-refractivity contribution in [1.29, 1.82) is 0 Å². The normalized spacial score (nSPS) is 15.7. The van der Waals surface area contributed by atoms with Gasteiger partial charge in [0.1, 0.15) is 6.04 Å². The molecule has 1 aliphatic rings. The SMILES string of the molecule is Cc1cc(NC(=O)C2Cc3ccccc3CN2C(=O)CC(C)C)ccc1C(=O)O. The van der Waals surface area contributed by atoms with Crippen LogP contribution < -0.4 is 5.32 Å². The molecule has 0 bridgehead atoms. The second-order valence-electron chi connectivity index (χ2n) is 7.93. The number of carboxylic acids is 1. The Balaban J connectivity index is 1.85. The van der Waals surface area contributed by atoms with E-state index in [-0.39, 0.29) is 23.3 Å². The number of nitrogens with zero attached hydrogens (tertiary/aromatic N) is 1. The van der Waals surface area contributed by atoms with E-state index < -0.39 is 12.0 Å². The third kappa shape index (κ3) is 4.65. The number of benzene rings is 2. The van der Waals surface area contributed by atoms with Gasteiger partial charge in [-0.15, -0.1) is 0 Å². The van der Waals surface area contributed by atoms with Crippen LogP contribution in [-0.2, 0) is 22.6 Å². The maximum absolute atomic E-state index is 13.1. The van der Waals surface area contributed by atoms with Crippen molar-refractivity contribution in [2.75, 3.05) is 5.32 Å². The van der Waals surface area contributed by atoms with E-state index in [2.05, 4.69) is 5.32 Å². The summed E-state index contributed by atoms with van der Waals surface area (Å²) in [5, 5.41) is 12.0. The molecule has 0 fully saturated rings. The highest BCUT2D eigenvalue weighted by atomic mass is 16.4. The van der Waals surface area contributed by atoms with Gasteiger partial charge in [0.2, 0.25) is 11.8 Å². The summed E-state index contributed by atoms with van der Waals surface area (Å²) in [6.07, 6.45) is 0.844. The van der Waals surface area contributed by atoms with Crippen LogP contribution >= 0.6 is 0 Å². The van der Waals surface area contributed by atoms with Crippen molar-refractivity contribution in [3.8, 4) is 0 Å². The number of aryl methyl sites for hydroxylation is 1. The van der Waals surface area contributed by atoms with Gasteiger partial charge in [-0.05, 0) is 47.7 Å². The summed E-state index contributed by atoms with van der Waals surface area (Å²) in [5.41, 5.74) is 3.42. The van der Waals surface area contributed by atoms with Gasteiger partial charge in [-0.25, -0.2) is 4.79 Å². The number of hydrogen-bond donors (Lipinski definition) is 2. The first kappa shape index (κ1) is 20.6. The van der Waals surface area contributed by atoms with Crippen LogP contribution in [0.1, 0.15) is 47.3 Å². The van der Waals surface area contributed by atoms with Crippen LogP contribution in [0.2, 0.25) is 0 Å². The van der Waals surface area contributed by atoms with E-state index in [1.54, 1.807) is 24.0 Å². The number of fused-ring (bicyclic) bond motifs is 1. The average Bonchev–Trinajstić information content (AvgIpc) is 2.66. The molecule has 0 aromatic heterocycles. The Morgan fingerprint density at radius 3 is 2.45 bits per heavy atom. The van der Waals surface area contributed by atoms with Gasteiger partial charge >= 0.3 is 5.97 Å². The number of anilines is 1. The van der Waals surface area contributed by atoms with Crippen LogP contribution in [0.25, 0.3) is 0 Å². The summed E-state index contributed by atoms with van der Waals surface area (Å²) in [5.74, 6) is -1.10. The average molecular weight is 394 g/mol. The molecular weight excluding hydrogens is 368 g/mol. The third-order valence-corrected chi connectivity index (χ3v) is 5.18. The maximum Gasteiger partial charge on any atom is 0.335 e. The zero-order chi connectivity index (χ0) is 21.1. The van der Waals surface area contributed by atoms with E-state index in [4.69, 9.17) is 0 Å². The molecule has 2 N–H and O–H groups in total. The Labute approximate surface area is 170 Å². The van der Waals surface area contributed by atoms with Gasteiger partial charge in [-0.3, -0.25) is 9.59 Å². The molecule has 1 unspecified atom stereocenters. The highest BCUT2D eigenvalue weighted by Gasteiger charge is 2.34. The Hall–Kier alpha value is -3.15. The summed E-state index contributed by atoms with van der Waals surface area (Å²) in [7, 11) is 0. The lowest BCUT2D eigenvalue weighted by atomic mass is 9.92. The van der Waals surface area contributed by atoms with Crippen LogP contribution in [0.4, 0.5) is 5.69 Å². The van der Waals surface area contributed by atoms with E-state index in [1.807, 2.05) is 38.1 Å². The van der Waals surface area contributed by atoms with Crippen molar-refractivity contribution in [3.63, 3.8) is 0 Å². The molecule has 0 saturated carbocycles. The molecule has 29 heavy (non-hydrogen) atoms.